The SMILES string of the molecule is CCOc1ccc(C=C(C#N)C(=O)Nc2cccc3ccccc23)c(OCC)c1. The summed E-state index contributed by atoms with van der Waals surface area (Å²) in [6, 6.07) is 20.7. The maximum absolute atomic E-state index is 12.8. The predicted molar refractivity (Wildman–Crippen MR) is 115 cm³/mol. The summed E-state index contributed by atoms with van der Waals surface area (Å²) in [5.41, 5.74) is 1.29. The summed E-state index contributed by atoms with van der Waals surface area (Å²) in [7, 11) is 0. The lowest BCUT2D eigenvalue weighted by Crippen LogP contribution is -2.13. The molecule has 0 heterocycles. The highest BCUT2D eigenvalue weighted by Crippen LogP contribution is 2.28. The summed E-state index contributed by atoms with van der Waals surface area (Å²) in [6.45, 7) is 4.77. The van der Waals surface area contributed by atoms with Gasteiger partial charge < -0.3 is 14.8 Å². The Labute approximate surface area is 170 Å². The van der Waals surface area contributed by atoms with E-state index in [1.165, 1.54) is 6.08 Å². The molecule has 0 atom stereocenters. The maximum Gasteiger partial charge on any atom is 0.266 e. The van der Waals surface area contributed by atoms with E-state index in [2.05, 4.69) is 5.32 Å². The molecule has 3 aromatic rings. The fraction of sp³-hybridized carbons (Fsp3) is 0.167. The van der Waals surface area contributed by atoms with Gasteiger partial charge >= 0.3 is 0 Å². The van der Waals surface area contributed by atoms with Gasteiger partial charge in [0.2, 0.25) is 0 Å². The van der Waals surface area contributed by atoms with E-state index in [4.69, 9.17) is 9.47 Å². The number of hydrogen-bond acceptors (Lipinski definition) is 4. The molecule has 5 nitrogen and oxygen atoms in total. The molecule has 146 valence electrons. The minimum atomic E-state index is -0.472. The van der Waals surface area contributed by atoms with E-state index in [1.807, 2.05) is 62.4 Å². The number of nitrogens with one attached hydrogen (secondary N) is 1. The molecular weight excluding hydrogens is 364 g/mol. The third-order valence-corrected chi connectivity index (χ3v) is 4.30. The maximum atomic E-state index is 12.8. The lowest BCUT2D eigenvalue weighted by molar-refractivity contribution is -0.112. The number of benzene rings is 3. The van der Waals surface area contributed by atoms with Gasteiger partial charge in [0.1, 0.15) is 23.1 Å². The van der Waals surface area contributed by atoms with Crippen molar-refractivity contribution in [3.05, 3.63) is 71.8 Å². The average Bonchev–Trinajstić information content (AvgIpc) is 2.74. The first-order valence-electron chi connectivity index (χ1n) is 9.46. The van der Waals surface area contributed by atoms with Gasteiger partial charge in [-0.05, 0) is 43.5 Å². The second-order valence-electron chi connectivity index (χ2n) is 6.22. The molecule has 0 fully saturated rings. The molecule has 5 heteroatoms. The zero-order valence-corrected chi connectivity index (χ0v) is 16.4. The molecule has 0 aliphatic carbocycles. The van der Waals surface area contributed by atoms with Crippen molar-refractivity contribution in [2.24, 2.45) is 0 Å². The summed E-state index contributed by atoms with van der Waals surface area (Å²) in [6.07, 6.45) is 1.53. The highest BCUT2D eigenvalue weighted by molar-refractivity contribution is 6.13. The first kappa shape index (κ1) is 20.0. The van der Waals surface area contributed by atoms with E-state index in [0.29, 0.717) is 36.0 Å². The van der Waals surface area contributed by atoms with Gasteiger partial charge in [-0.25, -0.2) is 0 Å². The molecule has 29 heavy (non-hydrogen) atoms. The van der Waals surface area contributed by atoms with E-state index < -0.39 is 5.91 Å². The number of fused-ring (bicyclic) bond motifs is 1. The van der Waals surface area contributed by atoms with Crippen LogP contribution in [0.2, 0.25) is 0 Å². The number of anilines is 1. The summed E-state index contributed by atoms with van der Waals surface area (Å²) in [5.74, 6) is 0.760. The van der Waals surface area contributed by atoms with Crippen molar-refractivity contribution < 1.29 is 14.3 Å². The molecule has 0 spiro atoms. The lowest BCUT2D eigenvalue weighted by atomic mass is 10.1. The Morgan fingerprint density at radius 1 is 1.03 bits per heavy atom. The minimum Gasteiger partial charge on any atom is -0.494 e. The largest absolute Gasteiger partial charge is 0.494 e. The highest BCUT2D eigenvalue weighted by atomic mass is 16.5. The third-order valence-electron chi connectivity index (χ3n) is 4.30. The van der Waals surface area contributed by atoms with Gasteiger partial charge in [-0.15, -0.1) is 0 Å². The third kappa shape index (κ3) is 4.74. The Balaban J connectivity index is 1.91. The van der Waals surface area contributed by atoms with Crippen molar-refractivity contribution in [1.82, 2.24) is 0 Å². The van der Waals surface area contributed by atoms with Crippen LogP contribution in [-0.2, 0) is 4.79 Å². The van der Waals surface area contributed by atoms with Crippen LogP contribution in [0.15, 0.2) is 66.2 Å². The van der Waals surface area contributed by atoms with E-state index in [0.717, 1.165) is 10.8 Å². The number of ether oxygens (including phenoxy) is 2. The van der Waals surface area contributed by atoms with Gasteiger partial charge in [0.15, 0.2) is 0 Å². The smallest absolute Gasteiger partial charge is 0.266 e. The van der Waals surface area contributed by atoms with Gasteiger partial charge in [-0.2, -0.15) is 5.26 Å². The number of hydrogen-bond donors (Lipinski definition) is 1. The number of amides is 1. The number of carbonyl (C=O) groups excluding carboxylic acids is 1. The first-order valence-corrected chi connectivity index (χ1v) is 9.46. The lowest BCUT2D eigenvalue weighted by Gasteiger charge is -2.11. The van der Waals surface area contributed by atoms with Crippen LogP contribution in [0, 0.1) is 11.3 Å². The summed E-state index contributed by atoms with van der Waals surface area (Å²) >= 11 is 0. The van der Waals surface area contributed by atoms with E-state index in [-0.39, 0.29) is 5.57 Å². The number of rotatable bonds is 7. The van der Waals surface area contributed by atoms with Crippen LogP contribution in [-0.4, -0.2) is 19.1 Å². The van der Waals surface area contributed by atoms with Gasteiger partial charge in [-0.3, -0.25) is 4.79 Å². The van der Waals surface area contributed by atoms with Crippen LogP contribution in [0.25, 0.3) is 16.8 Å². The van der Waals surface area contributed by atoms with Crippen molar-refractivity contribution in [1.29, 1.82) is 5.26 Å². The minimum absolute atomic E-state index is 0.0111. The fourth-order valence-corrected chi connectivity index (χ4v) is 3.00. The van der Waals surface area contributed by atoms with Crippen LogP contribution in [0.1, 0.15) is 19.4 Å². The first-order chi connectivity index (χ1) is 14.2. The van der Waals surface area contributed by atoms with Crippen LogP contribution < -0.4 is 14.8 Å². The van der Waals surface area contributed by atoms with Crippen molar-refractivity contribution in [2.45, 2.75) is 13.8 Å². The van der Waals surface area contributed by atoms with Gasteiger partial charge in [-0.1, -0.05) is 36.4 Å². The second kappa shape index (κ2) is 9.43. The van der Waals surface area contributed by atoms with Crippen LogP contribution >= 0.6 is 0 Å². The molecular formula is C24H22N2O3. The molecule has 0 aliphatic heterocycles. The highest BCUT2D eigenvalue weighted by Gasteiger charge is 2.13. The van der Waals surface area contributed by atoms with Crippen molar-refractivity contribution in [3.8, 4) is 17.6 Å². The zero-order valence-electron chi connectivity index (χ0n) is 16.4. The van der Waals surface area contributed by atoms with Crippen LogP contribution in [0.5, 0.6) is 11.5 Å². The van der Waals surface area contributed by atoms with Crippen molar-refractivity contribution in [3.63, 3.8) is 0 Å². The fourth-order valence-electron chi connectivity index (χ4n) is 3.00. The number of carbonyl (C=O) groups is 1. The molecule has 3 aromatic carbocycles. The monoisotopic (exact) mass is 386 g/mol. The summed E-state index contributed by atoms with van der Waals surface area (Å²) in [5, 5.41) is 14.3. The Morgan fingerprint density at radius 3 is 2.55 bits per heavy atom. The van der Waals surface area contributed by atoms with Crippen LogP contribution in [0.4, 0.5) is 5.69 Å². The standard InChI is InChI=1S/C24H22N2O3/c1-3-28-20-13-12-18(23(15-20)29-4-2)14-19(16-25)24(27)26-22-11-7-9-17-8-5-6-10-21(17)22/h5-15H,3-4H2,1-2H3,(H,26,27). The Kier molecular flexibility index (Phi) is 6.49. The average molecular weight is 386 g/mol. The number of nitrogens with zero attached hydrogens (tertiary/aromatic N) is 1. The molecule has 0 aliphatic rings. The number of nitriles is 1. The molecule has 1 amide bonds. The van der Waals surface area contributed by atoms with Crippen molar-refractivity contribution in [2.75, 3.05) is 18.5 Å². The summed E-state index contributed by atoms with van der Waals surface area (Å²) in [4.78, 5) is 12.8. The van der Waals surface area contributed by atoms with Crippen LogP contribution in [0.3, 0.4) is 0 Å². The van der Waals surface area contributed by atoms with Gasteiger partial charge in [0.05, 0.1) is 13.2 Å². The molecule has 0 radical (unpaired) electrons. The van der Waals surface area contributed by atoms with E-state index in [9.17, 15) is 10.1 Å². The second-order valence-corrected chi connectivity index (χ2v) is 6.22. The normalized spacial score (nSPS) is 11.0. The zero-order chi connectivity index (χ0) is 20.6. The molecule has 3 rings (SSSR count). The Hall–Kier alpha value is -3.78. The quantitative estimate of drug-likeness (QED) is 0.448. The topological polar surface area (TPSA) is 71.3 Å². The molecule has 0 saturated carbocycles. The Bertz CT molecular complexity index is 1090. The molecule has 1 N–H and O–H groups in total. The van der Waals surface area contributed by atoms with Crippen molar-refractivity contribution >= 4 is 28.4 Å². The summed E-state index contributed by atoms with van der Waals surface area (Å²) < 4.78 is 11.2. The molecule has 0 bridgehead atoms. The van der Waals surface area contributed by atoms with Gasteiger partial charge in [0, 0.05) is 22.7 Å². The Morgan fingerprint density at radius 2 is 1.79 bits per heavy atom. The van der Waals surface area contributed by atoms with E-state index >= 15 is 0 Å². The van der Waals surface area contributed by atoms with Gasteiger partial charge in [0.25, 0.3) is 5.91 Å². The van der Waals surface area contributed by atoms with E-state index in [1.54, 1.807) is 18.2 Å². The molecule has 0 aromatic heterocycles. The molecule has 0 saturated heterocycles. The predicted octanol–water partition coefficient (Wildman–Crippen LogP) is 5.18. The molecule has 0 unspecified atom stereocenters.